The van der Waals surface area contributed by atoms with Crippen LogP contribution in [0.3, 0.4) is 0 Å². The molecule has 3 atom stereocenters. The molecule has 1 N–H and O–H groups in total. The molecule has 4 rings (SSSR count). The van der Waals surface area contributed by atoms with E-state index in [0.717, 1.165) is 18.0 Å². The van der Waals surface area contributed by atoms with Gasteiger partial charge in [-0.1, -0.05) is 12.8 Å². The smallest absolute Gasteiger partial charge is 0.0261 e. The first-order valence-corrected chi connectivity index (χ1v) is 10.8. The highest BCUT2D eigenvalue weighted by molar-refractivity contribution is 4.91. The lowest BCUT2D eigenvalue weighted by Crippen LogP contribution is -2.54. The van der Waals surface area contributed by atoms with Crippen molar-refractivity contribution in [2.24, 2.45) is 5.92 Å². The van der Waals surface area contributed by atoms with E-state index in [0.29, 0.717) is 0 Å². The third kappa shape index (κ3) is 4.14. The molecule has 138 valence electrons. The summed E-state index contributed by atoms with van der Waals surface area (Å²) in [5.41, 5.74) is 0. The molecule has 24 heavy (non-hydrogen) atoms. The van der Waals surface area contributed by atoms with Crippen LogP contribution in [0, 0.1) is 5.92 Å². The Bertz CT molecular complexity index is 374. The lowest BCUT2D eigenvalue weighted by Gasteiger charge is -2.41. The van der Waals surface area contributed by atoms with Gasteiger partial charge >= 0.3 is 0 Å². The van der Waals surface area contributed by atoms with Crippen LogP contribution in [0.2, 0.25) is 0 Å². The number of nitrogens with one attached hydrogen (secondary N) is 1. The molecule has 0 spiro atoms. The highest BCUT2D eigenvalue weighted by Crippen LogP contribution is 2.26. The van der Waals surface area contributed by atoms with Gasteiger partial charge in [0.25, 0.3) is 0 Å². The van der Waals surface area contributed by atoms with Gasteiger partial charge in [-0.3, -0.25) is 9.80 Å². The molecular formula is C20H38N4. The van der Waals surface area contributed by atoms with Crippen molar-refractivity contribution in [1.29, 1.82) is 0 Å². The molecule has 0 amide bonds. The first-order valence-electron chi connectivity index (χ1n) is 10.8. The Morgan fingerprint density at radius 3 is 2.25 bits per heavy atom. The summed E-state index contributed by atoms with van der Waals surface area (Å²) in [5, 5.41) is 3.69. The van der Waals surface area contributed by atoms with E-state index in [2.05, 4.69) is 20.0 Å². The Balaban J connectivity index is 1.31. The van der Waals surface area contributed by atoms with Gasteiger partial charge in [0.1, 0.15) is 0 Å². The normalized spacial score (nSPS) is 37.8. The maximum atomic E-state index is 3.69. The Kier molecular flexibility index (Phi) is 6.10. The molecule has 4 heterocycles. The van der Waals surface area contributed by atoms with E-state index in [-0.39, 0.29) is 0 Å². The zero-order valence-electron chi connectivity index (χ0n) is 15.6. The highest BCUT2D eigenvalue weighted by atomic mass is 15.3. The van der Waals surface area contributed by atoms with E-state index in [4.69, 9.17) is 0 Å². The lowest BCUT2D eigenvalue weighted by molar-refractivity contribution is 0.0921. The number of rotatable bonds is 4. The van der Waals surface area contributed by atoms with Crippen LogP contribution >= 0.6 is 0 Å². The second-order valence-electron chi connectivity index (χ2n) is 8.72. The predicted octanol–water partition coefficient (Wildman–Crippen LogP) is 2.01. The van der Waals surface area contributed by atoms with Crippen LogP contribution in [0.15, 0.2) is 0 Å². The average Bonchev–Trinajstić information content (AvgIpc) is 3.22. The Labute approximate surface area is 148 Å². The van der Waals surface area contributed by atoms with Crippen molar-refractivity contribution in [3.63, 3.8) is 0 Å². The van der Waals surface area contributed by atoms with Gasteiger partial charge in [0.2, 0.25) is 0 Å². The average molecular weight is 335 g/mol. The van der Waals surface area contributed by atoms with Crippen molar-refractivity contribution in [3.8, 4) is 0 Å². The minimum atomic E-state index is 0.794. The van der Waals surface area contributed by atoms with Gasteiger partial charge in [-0.2, -0.15) is 0 Å². The Morgan fingerprint density at radius 1 is 0.750 bits per heavy atom. The summed E-state index contributed by atoms with van der Waals surface area (Å²) < 4.78 is 0. The molecule has 0 aliphatic carbocycles. The summed E-state index contributed by atoms with van der Waals surface area (Å²) in [6.07, 6.45) is 11.4. The van der Waals surface area contributed by atoms with E-state index in [1.807, 2.05) is 0 Å². The third-order valence-electron chi connectivity index (χ3n) is 7.10. The molecule has 3 unspecified atom stereocenters. The summed E-state index contributed by atoms with van der Waals surface area (Å²) in [7, 11) is 0. The molecule has 4 aliphatic heterocycles. The van der Waals surface area contributed by atoms with Crippen LogP contribution in [0.4, 0.5) is 0 Å². The maximum absolute atomic E-state index is 3.69. The fourth-order valence-corrected chi connectivity index (χ4v) is 5.68. The molecule has 4 fully saturated rings. The summed E-state index contributed by atoms with van der Waals surface area (Å²) in [6.45, 7) is 11.9. The second kappa shape index (κ2) is 8.48. The van der Waals surface area contributed by atoms with Gasteiger partial charge in [0.15, 0.2) is 0 Å². The number of hydrogen-bond donors (Lipinski definition) is 1. The molecule has 0 bridgehead atoms. The monoisotopic (exact) mass is 334 g/mol. The van der Waals surface area contributed by atoms with Gasteiger partial charge in [-0.05, 0) is 83.7 Å². The molecule has 4 nitrogen and oxygen atoms in total. The number of nitrogens with zero attached hydrogens (tertiary/aromatic N) is 3. The summed E-state index contributed by atoms with van der Waals surface area (Å²) in [6, 6.07) is 1.66. The minimum absolute atomic E-state index is 0.794. The zero-order valence-corrected chi connectivity index (χ0v) is 15.6. The van der Waals surface area contributed by atoms with Crippen molar-refractivity contribution >= 4 is 0 Å². The SMILES string of the molecule is C1CCCN(C2CNCCC2CN2CCC(N3CCCC3)C2)CC1. The number of likely N-dealkylation sites (tertiary alicyclic amines) is 3. The Hall–Kier alpha value is -0.160. The van der Waals surface area contributed by atoms with E-state index in [1.54, 1.807) is 0 Å². The van der Waals surface area contributed by atoms with Gasteiger partial charge in [0, 0.05) is 31.7 Å². The molecule has 0 saturated carbocycles. The van der Waals surface area contributed by atoms with Crippen LogP contribution < -0.4 is 5.32 Å². The topological polar surface area (TPSA) is 21.8 Å². The first kappa shape index (κ1) is 17.3. The molecule has 0 radical (unpaired) electrons. The molecule has 0 aromatic rings. The van der Waals surface area contributed by atoms with Crippen LogP contribution in [-0.4, -0.2) is 85.7 Å². The molecule has 0 aromatic carbocycles. The minimum Gasteiger partial charge on any atom is -0.315 e. The van der Waals surface area contributed by atoms with Crippen LogP contribution in [0.25, 0.3) is 0 Å². The van der Waals surface area contributed by atoms with Crippen LogP contribution in [-0.2, 0) is 0 Å². The maximum Gasteiger partial charge on any atom is 0.0261 e. The predicted molar refractivity (Wildman–Crippen MR) is 100 cm³/mol. The van der Waals surface area contributed by atoms with Gasteiger partial charge in [-0.25, -0.2) is 0 Å². The number of hydrogen-bond acceptors (Lipinski definition) is 4. The van der Waals surface area contributed by atoms with E-state index in [9.17, 15) is 0 Å². The number of piperidine rings is 1. The Morgan fingerprint density at radius 2 is 1.46 bits per heavy atom. The molecule has 4 saturated heterocycles. The molecule has 4 aliphatic rings. The van der Waals surface area contributed by atoms with Gasteiger partial charge < -0.3 is 10.2 Å². The molecule has 0 aromatic heterocycles. The standard InChI is InChI=1S/C20H38N4/c1-2-4-13-24(12-3-1)20-15-21-9-7-18(20)16-22-14-8-19(17-22)23-10-5-6-11-23/h18-21H,1-17H2. The lowest BCUT2D eigenvalue weighted by atomic mass is 9.90. The summed E-state index contributed by atoms with van der Waals surface area (Å²) in [5.74, 6) is 0.890. The van der Waals surface area contributed by atoms with E-state index >= 15 is 0 Å². The van der Waals surface area contributed by atoms with Crippen molar-refractivity contribution < 1.29 is 0 Å². The molecular weight excluding hydrogens is 296 g/mol. The van der Waals surface area contributed by atoms with Crippen molar-refractivity contribution in [1.82, 2.24) is 20.0 Å². The third-order valence-corrected chi connectivity index (χ3v) is 7.10. The van der Waals surface area contributed by atoms with E-state index < -0.39 is 0 Å². The second-order valence-corrected chi connectivity index (χ2v) is 8.72. The van der Waals surface area contributed by atoms with Crippen LogP contribution in [0.1, 0.15) is 51.4 Å². The van der Waals surface area contributed by atoms with Crippen LogP contribution in [0.5, 0.6) is 0 Å². The van der Waals surface area contributed by atoms with Crippen molar-refractivity contribution in [2.45, 2.75) is 63.5 Å². The van der Waals surface area contributed by atoms with E-state index in [1.165, 1.54) is 110 Å². The molecule has 4 heteroatoms. The highest BCUT2D eigenvalue weighted by Gasteiger charge is 2.35. The fraction of sp³-hybridized carbons (Fsp3) is 1.00. The zero-order chi connectivity index (χ0) is 16.2. The van der Waals surface area contributed by atoms with Crippen molar-refractivity contribution in [2.75, 3.05) is 58.9 Å². The summed E-state index contributed by atoms with van der Waals surface area (Å²) >= 11 is 0. The van der Waals surface area contributed by atoms with Gasteiger partial charge in [-0.15, -0.1) is 0 Å². The summed E-state index contributed by atoms with van der Waals surface area (Å²) in [4.78, 5) is 8.43. The van der Waals surface area contributed by atoms with Crippen molar-refractivity contribution in [3.05, 3.63) is 0 Å². The fourth-order valence-electron chi connectivity index (χ4n) is 5.68. The first-order chi connectivity index (χ1) is 11.9. The van der Waals surface area contributed by atoms with Gasteiger partial charge in [0.05, 0.1) is 0 Å². The largest absolute Gasteiger partial charge is 0.315 e. The quantitative estimate of drug-likeness (QED) is 0.849.